The molecule has 11 heteroatoms. The summed E-state index contributed by atoms with van der Waals surface area (Å²) in [4.78, 5) is 30.9. The van der Waals surface area contributed by atoms with Crippen molar-refractivity contribution in [3.8, 4) is 11.1 Å². The minimum atomic E-state index is -0.415. The third-order valence-corrected chi connectivity index (χ3v) is 7.07. The summed E-state index contributed by atoms with van der Waals surface area (Å²) in [5.41, 5.74) is 16.5. The maximum atomic E-state index is 12.8. The number of carbonyl (C=O) groups is 1. The molecule has 2 fully saturated rings. The highest BCUT2D eigenvalue weighted by Gasteiger charge is 2.29. The van der Waals surface area contributed by atoms with Gasteiger partial charge in [0.25, 0.3) is 0 Å². The average molecular weight is 523 g/mol. The summed E-state index contributed by atoms with van der Waals surface area (Å²) in [5.74, 6) is 1.45. The lowest BCUT2D eigenvalue weighted by molar-refractivity contribution is 0.104. The minimum absolute atomic E-state index is 0. The third kappa shape index (κ3) is 4.97. The minimum Gasteiger partial charge on any atom is -0.391 e. The molecule has 10 nitrogen and oxygen atoms in total. The van der Waals surface area contributed by atoms with Gasteiger partial charge >= 0.3 is 0 Å². The molecule has 6 N–H and O–H groups in total. The Morgan fingerprint density at radius 2 is 1.54 bits per heavy atom. The van der Waals surface area contributed by atoms with Crippen molar-refractivity contribution in [1.29, 1.82) is 0 Å². The van der Waals surface area contributed by atoms with Gasteiger partial charge < -0.3 is 31.7 Å². The number of nitrogens with two attached hydrogens (primary N) is 2. The third-order valence-electron chi connectivity index (χ3n) is 7.07. The number of benzene rings is 2. The van der Waals surface area contributed by atoms with E-state index in [0.29, 0.717) is 43.0 Å². The van der Waals surface area contributed by atoms with Gasteiger partial charge in [0, 0.05) is 55.1 Å². The number of nitrogens with zero attached hydrogens (tertiary/aromatic N) is 5. The smallest absolute Gasteiger partial charge is 0.233 e. The van der Waals surface area contributed by atoms with Gasteiger partial charge in [-0.15, -0.1) is 12.4 Å². The number of fused-ring (bicyclic) bond motifs is 3. The number of halogens is 1. The van der Waals surface area contributed by atoms with Crippen molar-refractivity contribution in [2.75, 3.05) is 41.3 Å². The van der Waals surface area contributed by atoms with Crippen molar-refractivity contribution < 1.29 is 9.90 Å². The second-order valence-corrected chi connectivity index (χ2v) is 9.92. The fraction of sp³-hybridized carbons (Fsp3) is 0.385. The Kier molecular flexibility index (Phi) is 7.00. The van der Waals surface area contributed by atoms with Crippen molar-refractivity contribution in [1.82, 2.24) is 15.0 Å². The van der Waals surface area contributed by atoms with Crippen LogP contribution in [0.5, 0.6) is 0 Å². The molecule has 3 aliphatic rings. The summed E-state index contributed by atoms with van der Waals surface area (Å²) in [6.45, 7) is 2.45. The van der Waals surface area contributed by atoms with Gasteiger partial charge in [-0.2, -0.15) is 15.0 Å². The van der Waals surface area contributed by atoms with E-state index in [1.807, 2.05) is 52.3 Å². The summed E-state index contributed by atoms with van der Waals surface area (Å²) < 4.78 is 0. The van der Waals surface area contributed by atoms with E-state index in [1.165, 1.54) is 0 Å². The van der Waals surface area contributed by atoms with E-state index in [2.05, 4.69) is 5.32 Å². The Morgan fingerprint density at radius 3 is 2.27 bits per heavy atom. The molecule has 0 amide bonds. The molecule has 2 saturated heterocycles. The molecule has 3 atom stereocenters. The fourth-order valence-corrected chi connectivity index (χ4v) is 5.40. The molecule has 1 aromatic heterocycles. The molecule has 0 saturated carbocycles. The summed E-state index contributed by atoms with van der Waals surface area (Å²) >= 11 is 0. The topological polar surface area (TPSA) is 147 Å². The molecule has 37 heavy (non-hydrogen) atoms. The maximum Gasteiger partial charge on any atom is 0.233 e. The van der Waals surface area contributed by atoms with E-state index in [4.69, 9.17) is 26.4 Å². The molecule has 1 aliphatic carbocycles. The number of anilines is 4. The van der Waals surface area contributed by atoms with Gasteiger partial charge in [0.15, 0.2) is 5.78 Å². The Balaban J connectivity index is 0.00000280. The molecule has 0 unspecified atom stereocenters. The lowest BCUT2D eigenvalue weighted by Crippen LogP contribution is -2.53. The first-order valence-corrected chi connectivity index (χ1v) is 12.4. The number of piperidine rings is 2. The van der Waals surface area contributed by atoms with E-state index < -0.39 is 6.10 Å². The van der Waals surface area contributed by atoms with E-state index in [0.717, 1.165) is 48.2 Å². The predicted molar refractivity (Wildman–Crippen MR) is 146 cm³/mol. The van der Waals surface area contributed by atoms with Crippen LogP contribution in [0, 0.1) is 0 Å². The van der Waals surface area contributed by atoms with Crippen LogP contribution in [-0.4, -0.2) is 70.2 Å². The van der Waals surface area contributed by atoms with Gasteiger partial charge in [-0.1, -0.05) is 24.3 Å². The summed E-state index contributed by atoms with van der Waals surface area (Å²) in [6.07, 6.45) is 1.97. The van der Waals surface area contributed by atoms with Crippen LogP contribution < -0.4 is 26.6 Å². The van der Waals surface area contributed by atoms with Gasteiger partial charge in [-0.3, -0.25) is 4.79 Å². The van der Waals surface area contributed by atoms with Crippen LogP contribution in [0.4, 0.5) is 23.5 Å². The molecule has 0 bridgehead atoms. The second-order valence-electron chi connectivity index (χ2n) is 9.92. The van der Waals surface area contributed by atoms with Crippen LogP contribution in [-0.2, 0) is 0 Å². The molecular formula is C26H31ClN8O2. The fourth-order valence-electron chi connectivity index (χ4n) is 5.40. The van der Waals surface area contributed by atoms with Gasteiger partial charge in [-0.25, -0.2) is 0 Å². The number of hydrogen-bond donors (Lipinski definition) is 4. The SMILES string of the molecule is Cl.N[C@@H]1C[C@H](N)CN(c2nc(Nc3ccc4c(c3)-c3ccccc3C4=O)nc(N3CCC[C@H](O)C3)n2)C1. The molecule has 3 aromatic rings. The number of nitrogens with one attached hydrogen (secondary N) is 1. The van der Waals surface area contributed by atoms with E-state index in [9.17, 15) is 9.90 Å². The summed E-state index contributed by atoms with van der Waals surface area (Å²) in [6, 6.07) is 13.2. The molecule has 2 aliphatic heterocycles. The Bertz CT molecular complexity index is 1310. The molecule has 6 rings (SSSR count). The van der Waals surface area contributed by atoms with Gasteiger partial charge in [0.1, 0.15) is 0 Å². The normalized spacial score (nSPS) is 22.8. The van der Waals surface area contributed by atoms with Crippen LogP contribution in [0.1, 0.15) is 35.2 Å². The van der Waals surface area contributed by atoms with Crippen LogP contribution in [0.2, 0.25) is 0 Å². The van der Waals surface area contributed by atoms with E-state index >= 15 is 0 Å². The Hall–Kier alpha value is -3.31. The molecule has 194 valence electrons. The van der Waals surface area contributed by atoms with E-state index in [-0.39, 0.29) is 30.3 Å². The van der Waals surface area contributed by atoms with Gasteiger partial charge in [0.05, 0.1) is 6.10 Å². The van der Waals surface area contributed by atoms with Crippen LogP contribution in [0.15, 0.2) is 42.5 Å². The van der Waals surface area contributed by atoms with Crippen molar-refractivity contribution in [2.24, 2.45) is 11.5 Å². The zero-order valence-corrected chi connectivity index (χ0v) is 21.2. The number of ketones is 1. The number of aliphatic hydroxyl groups is 1. The Labute approximate surface area is 221 Å². The zero-order valence-electron chi connectivity index (χ0n) is 20.4. The van der Waals surface area contributed by atoms with Crippen molar-refractivity contribution >= 4 is 41.7 Å². The van der Waals surface area contributed by atoms with Crippen molar-refractivity contribution in [3.63, 3.8) is 0 Å². The summed E-state index contributed by atoms with van der Waals surface area (Å²) in [5, 5.41) is 13.5. The monoisotopic (exact) mass is 522 g/mol. The van der Waals surface area contributed by atoms with Crippen molar-refractivity contribution in [2.45, 2.75) is 37.5 Å². The van der Waals surface area contributed by atoms with Crippen LogP contribution in [0.25, 0.3) is 11.1 Å². The highest BCUT2D eigenvalue weighted by molar-refractivity contribution is 6.22. The lowest BCUT2D eigenvalue weighted by Gasteiger charge is -2.35. The number of aliphatic hydroxyl groups excluding tert-OH is 1. The average Bonchev–Trinajstić information content (AvgIpc) is 3.15. The van der Waals surface area contributed by atoms with E-state index in [1.54, 1.807) is 0 Å². The molecule has 3 heterocycles. The highest BCUT2D eigenvalue weighted by Crippen LogP contribution is 2.38. The number of carbonyl (C=O) groups excluding carboxylic acids is 1. The molecule has 0 spiro atoms. The van der Waals surface area contributed by atoms with Crippen LogP contribution in [0.3, 0.4) is 0 Å². The maximum absolute atomic E-state index is 12.8. The predicted octanol–water partition coefficient (Wildman–Crippen LogP) is 2.07. The quantitative estimate of drug-likeness (QED) is 0.314. The number of hydrogen-bond acceptors (Lipinski definition) is 10. The number of β-amino-alcohol motifs (C(OH)–C–C–N with tert-alkyl or cyclic N) is 1. The lowest BCUT2D eigenvalue weighted by atomic mass is 10.0. The number of rotatable bonds is 4. The second kappa shape index (κ2) is 10.2. The zero-order chi connectivity index (χ0) is 24.8. The Morgan fingerprint density at radius 1 is 0.865 bits per heavy atom. The largest absolute Gasteiger partial charge is 0.391 e. The van der Waals surface area contributed by atoms with Crippen molar-refractivity contribution in [3.05, 3.63) is 53.6 Å². The first kappa shape index (κ1) is 25.3. The number of aromatic nitrogens is 3. The van der Waals surface area contributed by atoms with Crippen LogP contribution >= 0.6 is 12.4 Å². The van der Waals surface area contributed by atoms with Gasteiger partial charge in [0.2, 0.25) is 17.8 Å². The highest BCUT2D eigenvalue weighted by atomic mass is 35.5. The molecule has 0 radical (unpaired) electrons. The molecular weight excluding hydrogens is 492 g/mol. The summed E-state index contributed by atoms with van der Waals surface area (Å²) in [7, 11) is 0. The standard InChI is InChI=1S/C26H30N8O2.ClH/c27-15-10-16(28)13-34(12-15)26-31-24(30-25(32-26)33-9-3-4-18(35)14-33)29-17-7-8-21-22(11-17)19-5-1-2-6-20(19)23(21)36;/h1-2,5-8,11,15-16,18,35H,3-4,9-10,12-14,27-28H2,(H,29,30,31,32);1H/t15-,16+,18-;/m0./s1. The first-order chi connectivity index (χ1) is 17.4. The van der Waals surface area contributed by atoms with Gasteiger partial charge in [-0.05, 0) is 48.6 Å². The first-order valence-electron chi connectivity index (χ1n) is 12.4. The molecule has 2 aromatic carbocycles.